The van der Waals surface area contributed by atoms with Crippen LogP contribution in [0.2, 0.25) is 0 Å². The molecule has 0 radical (unpaired) electrons. The van der Waals surface area contributed by atoms with Crippen LogP contribution in [0, 0.1) is 5.92 Å². The molecule has 2 fully saturated rings. The molecule has 88 valence electrons. The second-order valence-corrected chi connectivity index (χ2v) is 6.72. The van der Waals surface area contributed by atoms with Crippen LogP contribution in [0.3, 0.4) is 0 Å². The van der Waals surface area contributed by atoms with E-state index in [2.05, 4.69) is 32.6 Å². The van der Waals surface area contributed by atoms with E-state index in [9.17, 15) is 0 Å². The molecule has 15 heavy (non-hydrogen) atoms. The minimum absolute atomic E-state index is 0.425. The van der Waals surface area contributed by atoms with E-state index in [4.69, 9.17) is 0 Å². The highest BCUT2D eigenvalue weighted by Gasteiger charge is 2.49. The van der Waals surface area contributed by atoms with Gasteiger partial charge in [0.05, 0.1) is 25.2 Å². The molecular formula is C13H27N2+. The van der Waals surface area contributed by atoms with Gasteiger partial charge >= 0.3 is 0 Å². The molecule has 1 spiro atoms. The normalized spacial score (nSPS) is 29.4. The molecule has 2 heterocycles. The topological polar surface area (TPSA) is 3.24 Å². The molecule has 0 atom stereocenters. The molecule has 2 heteroatoms. The zero-order valence-electron chi connectivity index (χ0n) is 10.9. The summed E-state index contributed by atoms with van der Waals surface area (Å²) >= 11 is 0. The quantitative estimate of drug-likeness (QED) is 0.634. The van der Waals surface area contributed by atoms with Crippen molar-refractivity contribution in [2.75, 3.05) is 32.8 Å². The molecule has 2 aliphatic rings. The summed E-state index contributed by atoms with van der Waals surface area (Å²) in [4.78, 5) is 2.73. The van der Waals surface area contributed by atoms with E-state index in [1.807, 2.05) is 0 Å². The first-order chi connectivity index (χ1) is 6.94. The average Bonchev–Trinajstić information content (AvgIpc) is 2.58. The highest BCUT2D eigenvalue weighted by molar-refractivity contribution is 4.86. The zero-order chi connectivity index (χ0) is 11.1. The third kappa shape index (κ3) is 2.21. The lowest BCUT2D eigenvalue weighted by molar-refractivity contribution is -0.910. The molecule has 2 saturated heterocycles. The van der Waals surface area contributed by atoms with Crippen LogP contribution < -0.4 is 0 Å². The van der Waals surface area contributed by atoms with Gasteiger partial charge in [0.15, 0.2) is 0 Å². The fraction of sp³-hybridized carbons (Fsp3) is 1.00. The van der Waals surface area contributed by atoms with Crippen molar-refractivity contribution in [3.05, 3.63) is 0 Å². The van der Waals surface area contributed by atoms with E-state index in [1.54, 1.807) is 0 Å². The van der Waals surface area contributed by atoms with E-state index in [0.29, 0.717) is 5.54 Å². The molecule has 0 unspecified atom stereocenters. The Bertz CT molecular complexity index is 227. The highest BCUT2D eigenvalue weighted by Crippen LogP contribution is 2.34. The van der Waals surface area contributed by atoms with Crippen LogP contribution >= 0.6 is 0 Å². The van der Waals surface area contributed by atoms with Gasteiger partial charge in [0.2, 0.25) is 0 Å². The highest BCUT2D eigenvalue weighted by atomic mass is 15.5. The first kappa shape index (κ1) is 11.4. The second kappa shape index (κ2) is 3.74. The van der Waals surface area contributed by atoms with Crippen LogP contribution in [-0.4, -0.2) is 47.8 Å². The fourth-order valence-electron chi connectivity index (χ4n) is 3.58. The summed E-state index contributed by atoms with van der Waals surface area (Å²) in [6.07, 6.45) is 2.90. The monoisotopic (exact) mass is 211 g/mol. The van der Waals surface area contributed by atoms with Crippen LogP contribution in [0.15, 0.2) is 0 Å². The van der Waals surface area contributed by atoms with E-state index in [0.717, 1.165) is 5.92 Å². The van der Waals surface area contributed by atoms with Gasteiger partial charge < -0.3 is 4.48 Å². The van der Waals surface area contributed by atoms with Gasteiger partial charge in [-0.15, -0.1) is 0 Å². The molecule has 0 aromatic rings. The number of hydrogen-bond donors (Lipinski definition) is 0. The zero-order valence-corrected chi connectivity index (χ0v) is 10.9. The Morgan fingerprint density at radius 2 is 1.80 bits per heavy atom. The Morgan fingerprint density at radius 1 is 1.20 bits per heavy atom. The van der Waals surface area contributed by atoms with Crippen molar-refractivity contribution in [2.24, 2.45) is 5.92 Å². The minimum Gasteiger partial charge on any atom is -0.310 e. The van der Waals surface area contributed by atoms with Crippen molar-refractivity contribution in [2.45, 2.75) is 46.1 Å². The SMILES string of the molecule is CC(C)CN1C[N+]2(CCCC2)CC1(C)C. The van der Waals surface area contributed by atoms with Crippen molar-refractivity contribution >= 4 is 0 Å². The molecule has 0 saturated carbocycles. The largest absolute Gasteiger partial charge is 0.310 e. The van der Waals surface area contributed by atoms with Gasteiger partial charge in [0.25, 0.3) is 0 Å². The molecule has 0 N–H and O–H groups in total. The summed E-state index contributed by atoms with van der Waals surface area (Å²) in [5.74, 6) is 0.796. The predicted molar refractivity (Wildman–Crippen MR) is 64.6 cm³/mol. The number of quaternary nitrogens is 1. The maximum atomic E-state index is 2.73. The summed E-state index contributed by atoms with van der Waals surface area (Å²) in [5, 5.41) is 0. The number of hydrogen-bond acceptors (Lipinski definition) is 1. The fourth-order valence-corrected chi connectivity index (χ4v) is 3.58. The van der Waals surface area contributed by atoms with Gasteiger partial charge in [-0.3, -0.25) is 0 Å². The number of rotatable bonds is 2. The molecule has 2 aliphatic heterocycles. The lowest BCUT2D eigenvalue weighted by Crippen LogP contribution is -2.44. The molecule has 2 nitrogen and oxygen atoms in total. The summed E-state index contributed by atoms with van der Waals surface area (Å²) in [7, 11) is 0. The van der Waals surface area contributed by atoms with Crippen molar-refractivity contribution in [3.8, 4) is 0 Å². The molecular weight excluding hydrogens is 184 g/mol. The van der Waals surface area contributed by atoms with Crippen molar-refractivity contribution in [3.63, 3.8) is 0 Å². The lowest BCUT2D eigenvalue weighted by atomic mass is 10.0. The van der Waals surface area contributed by atoms with E-state index in [-0.39, 0.29) is 0 Å². The van der Waals surface area contributed by atoms with Crippen LogP contribution in [-0.2, 0) is 0 Å². The Labute approximate surface area is 94.8 Å². The molecule has 0 aromatic heterocycles. The van der Waals surface area contributed by atoms with E-state index < -0.39 is 0 Å². The van der Waals surface area contributed by atoms with Gasteiger partial charge in [0.1, 0.15) is 6.67 Å². The molecule has 2 rings (SSSR count). The van der Waals surface area contributed by atoms with Crippen molar-refractivity contribution in [1.82, 2.24) is 4.90 Å². The lowest BCUT2D eigenvalue weighted by Gasteiger charge is -2.28. The second-order valence-electron chi connectivity index (χ2n) is 6.72. The molecule has 0 amide bonds. The maximum Gasteiger partial charge on any atom is 0.135 e. The van der Waals surface area contributed by atoms with Crippen LogP contribution in [0.1, 0.15) is 40.5 Å². The molecule has 0 bridgehead atoms. The Kier molecular flexibility index (Phi) is 2.85. The summed E-state index contributed by atoms with van der Waals surface area (Å²) < 4.78 is 1.39. The van der Waals surface area contributed by atoms with Crippen LogP contribution in [0.5, 0.6) is 0 Å². The van der Waals surface area contributed by atoms with Gasteiger partial charge in [-0.05, 0) is 19.8 Å². The van der Waals surface area contributed by atoms with Gasteiger partial charge in [0, 0.05) is 19.4 Å². The Hall–Kier alpha value is -0.0800. The smallest absolute Gasteiger partial charge is 0.135 e. The van der Waals surface area contributed by atoms with Crippen molar-refractivity contribution < 1.29 is 4.48 Å². The molecule has 0 aliphatic carbocycles. The predicted octanol–water partition coefficient (Wildman–Crippen LogP) is 2.30. The first-order valence-corrected chi connectivity index (χ1v) is 6.54. The minimum atomic E-state index is 0.425. The van der Waals surface area contributed by atoms with Gasteiger partial charge in [-0.1, -0.05) is 13.8 Å². The summed E-state index contributed by atoms with van der Waals surface area (Å²) in [5.41, 5.74) is 0.425. The average molecular weight is 211 g/mol. The van der Waals surface area contributed by atoms with E-state index >= 15 is 0 Å². The van der Waals surface area contributed by atoms with Gasteiger partial charge in [-0.2, -0.15) is 0 Å². The summed E-state index contributed by atoms with van der Waals surface area (Å²) in [6, 6.07) is 0. The first-order valence-electron chi connectivity index (χ1n) is 6.54. The third-order valence-corrected chi connectivity index (χ3v) is 4.15. The van der Waals surface area contributed by atoms with Crippen LogP contribution in [0.4, 0.5) is 0 Å². The third-order valence-electron chi connectivity index (χ3n) is 4.15. The van der Waals surface area contributed by atoms with E-state index in [1.165, 1.54) is 50.2 Å². The summed E-state index contributed by atoms with van der Waals surface area (Å²) in [6.45, 7) is 16.3. The van der Waals surface area contributed by atoms with Gasteiger partial charge in [-0.25, -0.2) is 4.90 Å². The number of nitrogens with zero attached hydrogens (tertiary/aromatic N) is 2. The van der Waals surface area contributed by atoms with Crippen LogP contribution in [0.25, 0.3) is 0 Å². The maximum absolute atomic E-state index is 2.73. The molecule has 0 aromatic carbocycles. The Morgan fingerprint density at radius 3 is 2.33 bits per heavy atom. The Balaban J connectivity index is 2.06. The van der Waals surface area contributed by atoms with Crippen molar-refractivity contribution in [1.29, 1.82) is 0 Å². The standard InChI is InChI=1S/C13H27N2/c1-12(2)9-14-11-15(7-5-6-8-15)10-13(14,3)4/h12H,5-11H2,1-4H3/q+1.